The zero-order chi connectivity index (χ0) is 24.4. The molecule has 0 saturated carbocycles. The van der Waals surface area contributed by atoms with Crippen LogP contribution in [0.3, 0.4) is 0 Å². The van der Waals surface area contributed by atoms with E-state index in [-0.39, 0.29) is 31.1 Å². The van der Waals surface area contributed by atoms with Crippen molar-refractivity contribution in [2.24, 2.45) is 0 Å². The number of hydrogen-bond donors (Lipinski definition) is 0. The number of amides is 1. The van der Waals surface area contributed by atoms with Gasteiger partial charge in [0.05, 0.1) is 18.0 Å². The van der Waals surface area contributed by atoms with E-state index in [0.29, 0.717) is 22.2 Å². The molecule has 1 amide bonds. The predicted molar refractivity (Wildman–Crippen MR) is 128 cm³/mol. The molecule has 0 aliphatic rings. The number of rotatable bonds is 6. The number of halogens is 1. The standard InChI is InChI=1S/C27H19FN4O3/c28-21-5-3-4-20(12-21)15-31(14-19-10-8-18(13-29)9-11-19)24(33)16-32-17-30-25-22-6-1-2-7-23(22)35-26(25)27(32)34/h1-12,17H,14-16H2. The minimum absolute atomic E-state index is 0.0882. The maximum absolute atomic E-state index is 13.8. The van der Waals surface area contributed by atoms with Gasteiger partial charge in [-0.3, -0.25) is 14.2 Å². The fraction of sp³-hybridized carbons (Fsp3) is 0.111. The van der Waals surface area contributed by atoms with Crippen molar-refractivity contribution < 1.29 is 13.6 Å². The van der Waals surface area contributed by atoms with Crippen LogP contribution < -0.4 is 5.56 Å². The number of carbonyl (C=O) groups is 1. The monoisotopic (exact) mass is 466 g/mol. The van der Waals surface area contributed by atoms with E-state index < -0.39 is 11.4 Å². The number of fused-ring (bicyclic) bond motifs is 3. The molecule has 2 aromatic heterocycles. The lowest BCUT2D eigenvalue weighted by Gasteiger charge is -2.23. The maximum atomic E-state index is 13.8. The molecule has 0 atom stereocenters. The van der Waals surface area contributed by atoms with Gasteiger partial charge < -0.3 is 9.32 Å². The van der Waals surface area contributed by atoms with Crippen molar-refractivity contribution >= 4 is 28.0 Å². The first-order valence-electron chi connectivity index (χ1n) is 10.9. The minimum atomic E-state index is -0.455. The van der Waals surface area contributed by atoms with Gasteiger partial charge in [0, 0.05) is 18.5 Å². The van der Waals surface area contributed by atoms with Crippen LogP contribution in [0.15, 0.2) is 88.3 Å². The first kappa shape index (κ1) is 22.0. The average Bonchev–Trinajstić information content (AvgIpc) is 3.25. The Morgan fingerprint density at radius 3 is 2.57 bits per heavy atom. The molecule has 0 aliphatic heterocycles. The minimum Gasteiger partial charge on any atom is -0.448 e. The van der Waals surface area contributed by atoms with Gasteiger partial charge in [-0.2, -0.15) is 5.26 Å². The van der Waals surface area contributed by atoms with Crippen molar-refractivity contribution in [3.8, 4) is 6.07 Å². The summed E-state index contributed by atoms with van der Waals surface area (Å²) in [5, 5.41) is 9.76. The van der Waals surface area contributed by atoms with Gasteiger partial charge in [0.25, 0.3) is 5.56 Å². The maximum Gasteiger partial charge on any atom is 0.297 e. The van der Waals surface area contributed by atoms with E-state index in [9.17, 15) is 14.0 Å². The molecule has 7 nitrogen and oxygen atoms in total. The van der Waals surface area contributed by atoms with Crippen LogP contribution in [0, 0.1) is 17.1 Å². The predicted octanol–water partition coefficient (Wildman–Crippen LogP) is 4.38. The third-order valence-corrected chi connectivity index (χ3v) is 5.73. The van der Waals surface area contributed by atoms with Crippen molar-refractivity contribution in [3.05, 3.63) is 112 Å². The van der Waals surface area contributed by atoms with Crippen molar-refractivity contribution in [2.45, 2.75) is 19.6 Å². The molecule has 0 radical (unpaired) electrons. The molecule has 0 fully saturated rings. The summed E-state index contributed by atoms with van der Waals surface area (Å²) in [7, 11) is 0. The Morgan fingerprint density at radius 2 is 1.80 bits per heavy atom. The summed E-state index contributed by atoms with van der Waals surface area (Å²) in [6.07, 6.45) is 1.34. The van der Waals surface area contributed by atoms with Crippen LogP contribution in [-0.4, -0.2) is 20.4 Å². The number of benzene rings is 3. The fourth-order valence-corrected chi connectivity index (χ4v) is 3.97. The highest BCUT2D eigenvalue weighted by Crippen LogP contribution is 2.24. The Kier molecular flexibility index (Phi) is 5.81. The van der Waals surface area contributed by atoms with Gasteiger partial charge >= 0.3 is 0 Å². The molecule has 0 aliphatic carbocycles. The summed E-state index contributed by atoms with van der Waals surface area (Å²) in [6.45, 7) is 0.103. The van der Waals surface area contributed by atoms with E-state index in [2.05, 4.69) is 11.1 Å². The highest BCUT2D eigenvalue weighted by molar-refractivity contribution is 6.01. The van der Waals surface area contributed by atoms with E-state index in [1.54, 1.807) is 48.5 Å². The summed E-state index contributed by atoms with van der Waals surface area (Å²) in [4.78, 5) is 32.3. The van der Waals surface area contributed by atoms with Gasteiger partial charge in [-0.1, -0.05) is 36.4 Å². The van der Waals surface area contributed by atoms with Crippen LogP contribution in [0.4, 0.5) is 4.39 Å². The number of para-hydroxylation sites is 1. The van der Waals surface area contributed by atoms with Crippen molar-refractivity contribution in [1.29, 1.82) is 5.26 Å². The quantitative estimate of drug-likeness (QED) is 0.370. The number of aromatic nitrogens is 2. The van der Waals surface area contributed by atoms with Crippen molar-refractivity contribution in [3.63, 3.8) is 0 Å². The van der Waals surface area contributed by atoms with E-state index in [1.165, 1.54) is 27.9 Å². The van der Waals surface area contributed by atoms with Crippen LogP contribution in [0.5, 0.6) is 0 Å². The summed E-state index contributed by atoms with van der Waals surface area (Å²) >= 11 is 0. The van der Waals surface area contributed by atoms with Crippen LogP contribution >= 0.6 is 0 Å². The van der Waals surface area contributed by atoms with Crippen molar-refractivity contribution in [2.75, 3.05) is 0 Å². The highest BCUT2D eigenvalue weighted by atomic mass is 19.1. The SMILES string of the molecule is N#Cc1ccc(CN(Cc2cccc(F)c2)C(=O)Cn2cnc3c(oc4ccccc43)c2=O)cc1. The van der Waals surface area contributed by atoms with Crippen LogP contribution in [0.1, 0.15) is 16.7 Å². The van der Waals surface area contributed by atoms with Crippen LogP contribution in [0.2, 0.25) is 0 Å². The molecule has 172 valence electrons. The van der Waals surface area contributed by atoms with E-state index in [4.69, 9.17) is 9.68 Å². The molecule has 0 saturated heterocycles. The molecule has 3 aromatic carbocycles. The Bertz CT molecular complexity index is 1650. The normalized spacial score (nSPS) is 11.0. The molecule has 0 unspecified atom stereocenters. The van der Waals surface area contributed by atoms with Gasteiger partial charge in [0.2, 0.25) is 11.5 Å². The second-order valence-corrected chi connectivity index (χ2v) is 8.14. The lowest BCUT2D eigenvalue weighted by molar-refractivity contribution is -0.133. The largest absolute Gasteiger partial charge is 0.448 e. The third-order valence-electron chi connectivity index (χ3n) is 5.73. The first-order valence-corrected chi connectivity index (χ1v) is 10.9. The molecular weight excluding hydrogens is 447 g/mol. The second-order valence-electron chi connectivity index (χ2n) is 8.14. The summed E-state index contributed by atoms with van der Waals surface area (Å²) in [5.74, 6) is -0.748. The number of nitriles is 1. The highest BCUT2D eigenvalue weighted by Gasteiger charge is 2.19. The number of nitrogens with zero attached hydrogens (tertiary/aromatic N) is 4. The van der Waals surface area contributed by atoms with Crippen LogP contribution in [-0.2, 0) is 24.4 Å². The van der Waals surface area contributed by atoms with E-state index in [1.807, 2.05) is 12.1 Å². The topological polar surface area (TPSA) is 92.1 Å². The lowest BCUT2D eigenvalue weighted by Crippen LogP contribution is -2.36. The molecular formula is C27H19FN4O3. The Balaban J connectivity index is 1.45. The second kappa shape index (κ2) is 9.23. The smallest absolute Gasteiger partial charge is 0.297 e. The number of furan rings is 1. The summed E-state index contributed by atoms with van der Waals surface area (Å²) in [6, 6.07) is 22.2. The molecule has 2 heterocycles. The van der Waals surface area contributed by atoms with Gasteiger partial charge in [0.15, 0.2) is 0 Å². The van der Waals surface area contributed by atoms with Gasteiger partial charge in [-0.25, -0.2) is 9.37 Å². The zero-order valence-electron chi connectivity index (χ0n) is 18.5. The first-order chi connectivity index (χ1) is 17.0. The van der Waals surface area contributed by atoms with E-state index in [0.717, 1.165) is 10.9 Å². The van der Waals surface area contributed by atoms with Crippen molar-refractivity contribution in [1.82, 2.24) is 14.5 Å². The van der Waals surface area contributed by atoms with Crippen LogP contribution in [0.25, 0.3) is 22.1 Å². The summed E-state index contributed by atoms with van der Waals surface area (Å²) in [5.41, 5.74) is 2.55. The molecule has 0 N–H and O–H groups in total. The lowest BCUT2D eigenvalue weighted by atomic mass is 10.1. The zero-order valence-corrected chi connectivity index (χ0v) is 18.5. The van der Waals surface area contributed by atoms with E-state index >= 15 is 0 Å². The molecule has 5 rings (SSSR count). The number of carbonyl (C=O) groups excluding carboxylic acids is 1. The van der Waals surface area contributed by atoms with Gasteiger partial charge in [0.1, 0.15) is 23.5 Å². The van der Waals surface area contributed by atoms with Gasteiger partial charge in [-0.05, 0) is 47.5 Å². The third kappa shape index (κ3) is 4.52. The summed E-state index contributed by atoms with van der Waals surface area (Å²) < 4.78 is 20.7. The van der Waals surface area contributed by atoms with Gasteiger partial charge in [-0.15, -0.1) is 0 Å². The Morgan fingerprint density at radius 1 is 1.03 bits per heavy atom. The molecule has 0 spiro atoms. The molecule has 8 heteroatoms. The molecule has 5 aromatic rings. The number of hydrogen-bond acceptors (Lipinski definition) is 5. The fourth-order valence-electron chi connectivity index (χ4n) is 3.97. The average molecular weight is 466 g/mol. The Labute approximate surface area is 199 Å². The molecule has 0 bridgehead atoms. The Hall–Kier alpha value is -4.77. The molecule has 35 heavy (non-hydrogen) atoms.